The van der Waals surface area contributed by atoms with E-state index in [1.807, 2.05) is 30.0 Å². The SMILES string of the molecule is CCCNC(CSC(C)CC)c1cc2cccc(Cl)c2o1. The number of nitrogens with one attached hydrogen (secondary N) is 1. The Morgan fingerprint density at radius 2 is 2.14 bits per heavy atom. The maximum atomic E-state index is 6.21. The molecule has 21 heavy (non-hydrogen) atoms. The lowest BCUT2D eigenvalue weighted by Gasteiger charge is -2.18. The van der Waals surface area contributed by atoms with Crippen LogP contribution in [0.1, 0.15) is 45.4 Å². The van der Waals surface area contributed by atoms with Crippen LogP contribution in [0, 0.1) is 0 Å². The minimum Gasteiger partial charge on any atom is -0.458 e. The Morgan fingerprint density at radius 1 is 1.33 bits per heavy atom. The van der Waals surface area contributed by atoms with Gasteiger partial charge < -0.3 is 9.73 Å². The van der Waals surface area contributed by atoms with Gasteiger partial charge >= 0.3 is 0 Å². The molecule has 2 aromatic rings. The van der Waals surface area contributed by atoms with Crippen molar-refractivity contribution in [1.29, 1.82) is 0 Å². The Bertz CT molecular complexity index is 569. The largest absolute Gasteiger partial charge is 0.458 e. The second kappa shape index (κ2) is 8.11. The van der Waals surface area contributed by atoms with E-state index in [2.05, 4.69) is 32.2 Å². The number of furan rings is 1. The van der Waals surface area contributed by atoms with E-state index in [4.69, 9.17) is 16.0 Å². The van der Waals surface area contributed by atoms with Gasteiger partial charge in [0.25, 0.3) is 0 Å². The highest BCUT2D eigenvalue weighted by molar-refractivity contribution is 7.99. The Balaban J connectivity index is 2.18. The topological polar surface area (TPSA) is 25.2 Å². The van der Waals surface area contributed by atoms with E-state index in [0.29, 0.717) is 10.3 Å². The van der Waals surface area contributed by atoms with Gasteiger partial charge in [0.1, 0.15) is 5.76 Å². The molecule has 1 N–H and O–H groups in total. The van der Waals surface area contributed by atoms with Crippen LogP contribution in [0.25, 0.3) is 11.0 Å². The van der Waals surface area contributed by atoms with Gasteiger partial charge in [0.15, 0.2) is 5.58 Å². The monoisotopic (exact) mass is 325 g/mol. The molecule has 0 radical (unpaired) electrons. The molecule has 0 aliphatic heterocycles. The number of thioether (sulfide) groups is 1. The van der Waals surface area contributed by atoms with Gasteiger partial charge in [-0.25, -0.2) is 0 Å². The molecule has 0 spiro atoms. The van der Waals surface area contributed by atoms with Gasteiger partial charge in [-0.2, -0.15) is 11.8 Å². The molecule has 0 fully saturated rings. The van der Waals surface area contributed by atoms with Crippen LogP contribution in [-0.4, -0.2) is 17.5 Å². The first-order valence-electron chi connectivity index (χ1n) is 7.68. The summed E-state index contributed by atoms with van der Waals surface area (Å²) >= 11 is 8.20. The van der Waals surface area contributed by atoms with Crippen LogP contribution in [0.4, 0.5) is 0 Å². The normalized spacial score (nSPS) is 14.5. The molecule has 116 valence electrons. The maximum absolute atomic E-state index is 6.21. The van der Waals surface area contributed by atoms with Crippen LogP contribution >= 0.6 is 23.4 Å². The lowest BCUT2D eigenvalue weighted by molar-refractivity contribution is 0.456. The van der Waals surface area contributed by atoms with E-state index >= 15 is 0 Å². The molecule has 2 atom stereocenters. The van der Waals surface area contributed by atoms with Crippen molar-refractivity contribution in [2.75, 3.05) is 12.3 Å². The number of hydrogen-bond donors (Lipinski definition) is 1. The Morgan fingerprint density at radius 3 is 2.81 bits per heavy atom. The number of para-hydroxylation sites is 1. The molecule has 0 aliphatic rings. The number of halogens is 1. The van der Waals surface area contributed by atoms with Crippen LogP contribution in [0.3, 0.4) is 0 Å². The van der Waals surface area contributed by atoms with E-state index in [1.165, 1.54) is 6.42 Å². The maximum Gasteiger partial charge on any atom is 0.152 e. The Hall–Kier alpha value is -0.640. The molecular formula is C17H24ClNOS. The fourth-order valence-corrected chi connectivity index (χ4v) is 3.42. The van der Waals surface area contributed by atoms with Gasteiger partial charge in [-0.15, -0.1) is 0 Å². The molecule has 0 aliphatic carbocycles. The molecule has 0 amide bonds. The van der Waals surface area contributed by atoms with E-state index in [9.17, 15) is 0 Å². The van der Waals surface area contributed by atoms with Gasteiger partial charge in [0.05, 0.1) is 11.1 Å². The smallest absolute Gasteiger partial charge is 0.152 e. The molecule has 2 unspecified atom stereocenters. The minimum atomic E-state index is 0.243. The Kier molecular flexibility index (Phi) is 6.46. The summed E-state index contributed by atoms with van der Waals surface area (Å²) in [5, 5.41) is 6.02. The Labute approximate surface area is 136 Å². The van der Waals surface area contributed by atoms with Gasteiger partial charge in [0.2, 0.25) is 0 Å². The fourth-order valence-electron chi connectivity index (χ4n) is 2.16. The zero-order valence-corrected chi connectivity index (χ0v) is 14.6. The molecule has 0 bridgehead atoms. The summed E-state index contributed by atoms with van der Waals surface area (Å²) in [7, 11) is 0. The minimum absolute atomic E-state index is 0.243. The highest BCUT2D eigenvalue weighted by atomic mass is 35.5. The second-order valence-corrected chi connectivity index (χ2v) is 7.24. The third-order valence-corrected chi connectivity index (χ3v) is 5.35. The third kappa shape index (κ3) is 4.41. The average Bonchev–Trinajstić information content (AvgIpc) is 2.92. The van der Waals surface area contributed by atoms with Crippen molar-refractivity contribution in [1.82, 2.24) is 5.32 Å². The molecule has 0 saturated heterocycles. The number of rotatable bonds is 8. The standard InChI is InChI=1S/C17H24ClNOS/c1-4-9-19-15(11-21-12(3)5-2)16-10-13-7-6-8-14(18)17(13)20-16/h6-8,10,12,15,19H,4-5,9,11H2,1-3H3. The zero-order chi connectivity index (χ0) is 15.2. The number of fused-ring (bicyclic) bond motifs is 1. The van der Waals surface area contributed by atoms with Crippen molar-refractivity contribution in [2.45, 2.75) is 44.9 Å². The summed E-state index contributed by atoms with van der Waals surface area (Å²) in [5.41, 5.74) is 0.797. The van der Waals surface area contributed by atoms with Crippen molar-refractivity contribution in [3.63, 3.8) is 0 Å². The molecule has 2 rings (SSSR count). The van der Waals surface area contributed by atoms with Gasteiger partial charge in [-0.1, -0.05) is 44.5 Å². The summed E-state index contributed by atoms with van der Waals surface area (Å²) in [4.78, 5) is 0. The summed E-state index contributed by atoms with van der Waals surface area (Å²) in [6.45, 7) is 7.68. The zero-order valence-electron chi connectivity index (χ0n) is 13.0. The van der Waals surface area contributed by atoms with Gasteiger partial charge in [-0.3, -0.25) is 0 Å². The second-order valence-electron chi connectivity index (χ2n) is 5.37. The van der Waals surface area contributed by atoms with Crippen molar-refractivity contribution in [3.05, 3.63) is 35.0 Å². The van der Waals surface area contributed by atoms with Crippen LogP contribution < -0.4 is 5.32 Å². The molecular weight excluding hydrogens is 302 g/mol. The molecule has 1 aromatic heterocycles. The quantitative estimate of drug-likeness (QED) is 0.678. The molecule has 1 heterocycles. The van der Waals surface area contributed by atoms with Crippen molar-refractivity contribution < 1.29 is 4.42 Å². The van der Waals surface area contributed by atoms with E-state index < -0.39 is 0 Å². The molecule has 4 heteroatoms. The van der Waals surface area contributed by atoms with Crippen LogP contribution in [-0.2, 0) is 0 Å². The van der Waals surface area contributed by atoms with E-state index in [0.717, 1.165) is 35.4 Å². The third-order valence-electron chi connectivity index (χ3n) is 3.62. The average molecular weight is 326 g/mol. The van der Waals surface area contributed by atoms with Crippen molar-refractivity contribution in [2.24, 2.45) is 0 Å². The van der Waals surface area contributed by atoms with Crippen molar-refractivity contribution >= 4 is 34.3 Å². The van der Waals surface area contributed by atoms with Crippen LogP contribution in [0.2, 0.25) is 5.02 Å². The van der Waals surface area contributed by atoms with E-state index in [1.54, 1.807) is 0 Å². The first kappa shape index (κ1) is 16.7. The predicted molar refractivity (Wildman–Crippen MR) is 94.5 cm³/mol. The summed E-state index contributed by atoms with van der Waals surface area (Å²) < 4.78 is 6.02. The summed E-state index contributed by atoms with van der Waals surface area (Å²) in [6, 6.07) is 8.25. The van der Waals surface area contributed by atoms with Gasteiger partial charge in [0, 0.05) is 16.4 Å². The van der Waals surface area contributed by atoms with Crippen LogP contribution in [0.15, 0.2) is 28.7 Å². The lowest BCUT2D eigenvalue weighted by Crippen LogP contribution is -2.24. The molecule has 2 nitrogen and oxygen atoms in total. The first-order chi connectivity index (χ1) is 10.2. The summed E-state index contributed by atoms with van der Waals surface area (Å²) in [6.07, 6.45) is 2.31. The molecule has 1 aromatic carbocycles. The highest BCUT2D eigenvalue weighted by Crippen LogP contribution is 2.31. The first-order valence-corrected chi connectivity index (χ1v) is 9.11. The lowest BCUT2D eigenvalue weighted by atomic mass is 10.2. The fraction of sp³-hybridized carbons (Fsp3) is 0.529. The van der Waals surface area contributed by atoms with Crippen molar-refractivity contribution in [3.8, 4) is 0 Å². The van der Waals surface area contributed by atoms with E-state index in [-0.39, 0.29) is 6.04 Å². The summed E-state index contributed by atoms with van der Waals surface area (Å²) in [5.74, 6) is 2.01. The number of benzene rings is 1. The highest BCUT2D eigenvalue weighted by Gasteiger charge is 2.18. The number of hydrogen-bond acceptors (Lipinski definition) is 3. The van der Waals surface area contributed by atoms with Gasteiger partial charge in [-0.05, 0) is 31.5 Å². The van der Waals surface area contributed by atoms with Crippen LogP contribution in [0.5, 0.6) is 0 Å². The molecule has 0 saturated carbocycles. The predicted octanol–water partition coefficient (Wildman–Crippen LogP) is 5.66.